The molecule has 2 rings (SSSR count). The predicted octanol–water partition coefficient (Wildman–Crippen LogP) is 3.17. The van der Waals surface area contributed by atoms with E-state index in [1.807, 2.05) is 0 Å². The highest BCUT2D eigenvalue weighted by molar-refractivity contribution is 6.42. The summed E-state index contributed by atoms with van der Waals surface area (Å²) in [6.45, 7) is 0.548. The molecule has 0 saturated carbocycles. The zero-order chi connectivity index (χ0) is 15.4. The molecular formula is C15H15Cl2NO3. The first-order valence-corrected chi connectivity index (χ1v) is 7.30. The lowest BCUT2D eigenvalue weighted by molar-refractivity contribution is -0.149. The summed E-state index contributed by atoms with van der Waals surface area (Å²) >= 11 is 12.0. The van der Waals surface area contributed by atoms with Crippen LogP contribution in [0.1, 0.15) is 18.4 Å². The second-order valence-electron chi connectivity index (χ2n) is 4.69. The third-order valence-electron chi connectivity index (χ3n) is 3.40. The zero-order valence-corrected chi connectivity index (χ0v) is 13.0. The molecule has 0 N–H and O–H groups in total. The first kappa shape index (κ1) is 15.9. The predicted molar refractivity (Wildman–Crippen MR) is 82.2 cm³/mol. The fourth-order valence-corrected chi connectivity index (χ4v) is 2.69. The minimum absolute atomic E-state index is 0.237. The van der Waals surface area contributed by atoms with Crippen molar-refractivity contribution in [3.63, 3.8) is 0 Å². The Hall–Kier alpha value is -1.52. The monoisotopic (exact) mass is 327 g/mol. The van der Waals surface area contributed by atoms with Crippen molar-refractivity contribution in [3.8, 4) is 0 Å². The van der Waals surface area contributed by atoms with Crippen LogP contribution in [0.2, 0.25) is 10.0 Å². The molecular weight excluding hydrogens is 313 g/mol. The highest BCUT2D eigenvalue weighted by atomic mass is 35.5. The summed E-state index contributed by atoms with van der Waals surface area (Å²) < 4.78 is 4.72. The fraction of sp³-hybridized carbons (Fsp3) is 0.333. The summed E-state index contributed by atoms with van der Waals surface area (Å²) in [7, 11) is 1.32. The molecule has 112 valence electrons. The van der Waals surface area contributed by atoms with Gasteiger partial charge in [0.15, 0.2) is 0 Å². The molecule has 0 aromatic heterocycles. The molecule has 21 heavy (non-hydrogen) atoms. The molecule has 0 spiro atoms. The summed E-state index contributed by atoms with van der Waals surface area (Å²) in [4.78, 5) is 25.3. The van der Waals surface area contributed by atoms with Crippen LogP contribution in [-0.4, -0.2) is 36.5 Å². The lowest BCUT2D eigenvalue weighted by Crippen LogP contribution is -2.40. The molecule has 1 atom stereocenters. The van der Waals surface area contributed by atoms with E-state index in [0.29, 0.717) is 28.6 Å². The molecule has 0 radical (unpaired) electrons. The molecule has 0 unspecified atom stereocenters. The van der Waals surface area contributed by atoms with Gasteiger partial charge in [0, 0.05) is 12.6 Å². The number of amides is 1. The number of likely N-dealkylation sites (tertiary alicyclic amines) is 1. The van der Waals surface area contributed by atoms with Crippen LogP contribution in [0.15, 0.2) is 24.3 Å². The van der Waals surface area contributed by atoms with Gasteiger partial charge in [0.2, 0.25) is 5.91 Å². The molecule has 0 bridgehead atoms. The van der Waals surface area contributed by atoms with Crippen LogP contribution < -0.4 is 0 Å². The van der Waals surface area contributed by atoms with E-state index in [-0.39, 0.29) is 11.9 Å². The maximum Gasteiger partial charge on any atom is 0.328 e. The van der Waals surface area contributed by atoms with Crippen LogP contribution in [0.3, 0.4) is 0 Å². The van der Waals surface area contributed by atoms with Crippen molar-refractivity contribution in [2.75, 3.05) is 13.7 Å². The maximum absolute atomic E-state index is 12.2. The summed E-state index contributed by atoms with van der Waals surface area (Å²) in [5.74, 6) is -0.617. The van der Waals surface area contributed by atoms with Crippen molar-refractivity contribution in [2.45, 2.75) is 18.9 Å². The van der Waals surface area contributed by atoms with E-state index in [0.717, 1.165) is 6.42 Å². The Morgan fingerprint density at radius 3 is 2.86 bits per heavy atom. The number of hydrogen-bond donors (Lipinski definition) is 0. The number of benzene rings is 1. The minimum atomic E-state index is -0.498. The van der Waals surface area contributed by atoms with Crippen LogP contribution in [0.4, 0.5) is 0 Å². The van der Waals surface area contributed by atoms with Crippen molar-refractivity contribution in [2.24, 2.45) is 0 Å². The second-order valence-corrected chi connectivity index (χ2v) is 5.47. The number of ether oxygens (including phenoxy) is 1. The largest absolute Gasteiger partial charge is 0.467 e. The number of carbonyl (C=O) groups excluding carboxylic acids is 2. The molecule has 1 fully saturated rings. The number of esters is 1. The van der Waals surface area contributed by atoms with Gasteiger partial charge in [-0.25, -0.2) is 4.79 Å². The van der Waals surface area contributed by atoms with E-state index in [1.54, 1.807) is 24.3 Å². The Morgan fingerprint density at radius 1 is 1.38 bits per heavy atom. The van der Waals surface area contributed by atoms with Crippen molar-refractivity contribution < 1.29 is 14.3 Å². The summed E-state index contributed by atoms with van der Waals surface area (Å²) in [6, 6.07) is 4.70. The number of carbonyl (C=O) groups is 2. The van der Waals surface area contributed by atoms with Gasteiger partial charge < -0.3 is 9.64 Å². The van der Waals surface area contributed by atoms with Crippen LogP contribution in [0.25, 0.3) is 6.08 Å². The Labute approximate surface area is 133 Å². The maximum atomic E-state index is 12.2. The van der Waals surface area contributed by atoms with Gasteiger partial charge in [-0.2, -0.15) is 0 Å². The fourth-order valence-electron chi connectivity index (χ4n) is 2.32. The van der Waals surface area contributed by atoms with Crippen molar-refractivity contribution in [3.05, 3.63) is 39.9 Å². The van der Waals surface area contributed by atoms with Gasteiger partial charge in [-0.3, -0.25) is 4.79 Å². The summed E-state index contributed by atoms with van der Waals surface area (Å²) in [5, 5.41) is 0.828. The van der Waals surface area contributed by atoms with Crippen LogP contribution >= 0.6 is 23.2 Å². The lowest BCUT2D eigenvalue weighted by Gasteiger charge is -2.20. The number of nitrogens with zero attached hydrogens (tertiary/aromatic N) is 1. The molecule has 1 saturated heterocycles. The number of hydrogen-bond acceptors (Lipinski definition) is 3. The first-order chi connectivity index (χ1) is 10.0. The third kappa shape index (κ3) is 3.57. The van der Waals surface area contributed by atoms with Crippen LogP contribution in [-0.2, 0) is 14.3 Å². The molecule has 1 heterocycles. The lowest BCUT2D eigenvalue weighted by atomic mass is 10.2. The number of rotatable bonds is 3. The molecule has 1 aromatic carbocycles. The standard InChI is InChI=1S/C15H15Cl2NO3/c1-21-15(20)12-6-3-9-18(12)13(19)8-7-10-4-2-5-11(16)14(10)17/h2,4-5,7-8,12H,3,6,9H2,1H3/b8-7+/t12-/m0/s1. The number of halogens is 2. The molecule has 4 nitrogen and oxygen atoms in total. The summed E-state index contributed by atoms with van der Waals surface area (Å²) in [6.07, 6.45) is 4.42. The van der Waals surface area contributed by atoms with Crippen LogP contribution in [0.5, 0.6) is 0 Å². The smallest absolute Gasteiger partial charge is 0.328 e. The highest BCUT2D eigenvalue weighted by Gasteiger charge is 2.33. The Bertz CT molecular complexity index is 586. The Kier molecular flexibility index (Phi) is 5.26. The van der Waals surface area contributed by atoms with E-state index >= 15 is 0 Å². The quantitative estimate of drug-likeness (QED) is 0.632. The molecule has 1 aliphatic heterocycles. The highest BCUT2D eigenvalue weighted by Crippen LogP contribution is 2.26. The van der Waals surface area contributed by atoms with Crippen molar-refractivity contribution in [1.82, 2.24) is 4.90 Å². The number of methoxy groups -OCH3 is 1. The van der Waals surface area contributed by atoms with Crippen molar-refractivity contribution in [1.29, 1.82) is 0 Å². The average Bonchev–Trinajstić information content (AvgIpc) is 2.97. The molecule has 6 heteroatoms. The normalized spacial score (nSPS) is 18.2. The summed E-state index contributed by atoms with van der Waals surface area (Å²) in [5.41, 5.74) is 0.659. The van der Waals surface area contributed by atoms with Gasteiger partial charge >= 0.3 is 5.97 Å². The van der Waals surface area contributed by atoms with E-state index in [4.69, 9.17) is 27.9 Å². The molecule has 0 aliphatic carbocycles. The topological polar surface area (TPSA) is 46.6 Å². The van der Waals surface area contributed by atoms with Gasteiger partial charge in [0.05, 0.1) is 17.2 Å². The van der Waals surface area contributed by atoms with Gasteiger partial charge in [-0.05, 0) is 30.5 Å². The average molecular weight is 328 g/mol. The third-order valence-corrected chi connectivity index (χ3v) is 4.23. The van der Waals surface area contributed by atoms with Gasteiger partial charge in [-0.1, -0.05) is 35.3 Å². The van der Waals surface area contributed by atoms with Crippen LogP contribution in [0, 0.1) is 0 Å². The van der Waals surface area contributed by atoms with Gasteiger partial charge in [0.25, 0.3) is 0 Å². The minimum Gasteiger partial charge on any atom is -0.467 e. The Balaban J connectivity index is 2.12. The van der Waals surface area contributed by atoms with E-state index in [1.165, 1.54) is 18.1 Å². The van der Waals surface area contributed by atoms with E-state index < -0.39 is 6.04 Å². The molecule has 1 aromatic rings. The Morgan fingerprint density at radius 2 is 2.14 bits per heavy atom. The van der Waals surface area contributed by atoms with Crippen molar-refractivity contribution >= 4 is 41.2 Å². The molecule has 1 aliphatic rings. The first-order valence-electron chi connectivity index (χ1n) is 6.55. The van der Waals surface area contributed by atoms with E-state index in [9.17, 15) is 9.59 Å². The molecule has 1 amide bonds. The zero-order valence-electron chi connectivity index (χ0n) is 11.5. The second kappa shape index (κ2) is 6.96. The SMILES string of the molecule is COC(=O)[C@@H]1CCCN1C(=O)/C=C/c1cccc(Cl)c1Cl. The van der Waals surface area contributed by atoms with Gasteiger partial charge in [-0.15, -0.1) is 0 Å². The van der Waals surface area contributed by atoms with Gasteiger partial charge in [0.1, 0.15) is 6.04 Å². The van der Waals surface area contributed by atoms with E-state index in [2.05, 4.69) is 0 Å².